The topological polar surface area (TPSA) is 24.5 Å². The van der Waals surface area contributed by atoms with E-state index in [1.165, 1.54) is 12.8 Å². The van der Waals surface area contributed by atoms with Gasteiger partial charge in [0.1, 0.15) is 0 Å². The number of halogens is 2. The molecule has 1 heterocycles. The molecule has 5 heteroatoms. The molecule has 0 aromatic heterocycles. The summed E-state index contributed by atoms with van der Waals surface area (Å²) in [4.78, 5) is 2.56. The minimum atomic E-state index is 0.132. The maximum atomic E-state index is 6.43. The highest BCUT2D eigenvalue weighted by molar-refractivity contribution is 6.35. The zero-order valence-electron chi connectivity index (χ0n) is 11.6. The zero-order valence-corrected chi connectivity index (χ0v) is 13.1. The van der Waals surface area contributed by atoms with Gasteiger partial charge in [-0.15, -0.1) is 0 Å². The van der Waals surface area contributed by atoms with Gasteiger partial charge in [0.15, 0.2) is 0 Å². The summed E-state index contributed by atoms with van der Waals surface area (Å²) in [5.41, 5.74) is 1.13. The number of rotatable bonds is 4. The average molecular weight is 315 g/mol. The Balaban J connectivity index is 1.93. The molecule has 1 aliphatic heterocycles. The summed E-state index contributed by atoms with van der Waals surface area (Å²) >= 11 is 12.5. The largest absolute Gasteiger partial charge is 0.374 e. The molecule has 110 valence electrons. The summed E-state index contributed by atoms with van der Waals surface area (Å²) in [5.74, 6) is 0. The maximum absolute atomic E-state index is 6.43. The van der Waals surface area contributed by atoms with E-state index in [-0.39, 0.29) is 12.1 Å². The van der Waals surface area contributed by atoms with E-state index < -0.39 is 0 Å². The minimum Gasteiger partial charge on any atom is -0.374 e. The van der Waals surface area contributed by atoms with Crippen LogP contribution in [0, 0.1) is 0 Å². The van der Waals surface area contributed by atoms with Crippen LogP contribution in [0.1, 0.15) is 24.4 Å². The Morgan fingerprint density at radius 3 is 2.80 bits per heavy atom. The zero-order chi connectivity index (χ0) is 14.1. The van der Waals surface area contributed by atoms with Crippen LogP contribution >= 0.6 is 23.2 Å². The Bertz CT molecular complexity index is 477. The van der Waals surface area contributed by atoms with Gasteiger partial charge in [-0.25, -0.2) is 0 Å². The number of hydrogen-bond donors (Lipinski definition) is 1. The first-order chi connectivity index (χ1) is 9.70. The smallest absolute Gasteiger partial charge is 0.0897 e. The summed E-state index contributed by atoms with van der Waals surface area (Å²) < 4.78 is 5.98. The standard InChI is InChI=1S/C15H20Cl2N2O/c1-18-9-14-15(12-5-2-10(16)8-13(12)17)19(6-7-20-14)11-3-4-11/h2,5,8,11,14-15,18H,3-4,6-7,9H2,1H3. The molecule has 20 heavy (non-hydrogen) atoms. The average Bonchev–Trinajstić information content (AvgIpc) is 3.24. The van der Waals surface area contributed by atoms with E-state index in [4.69, 9.17) is 27.9 Å². The Hall–Kier alpha value is -0.320. The molecule has 2 atom stereocenters. The van der Waals surface area contributed by atoms with Crippen molar-refractivity contribution in [3.8, 4) is 0 Å². The van der Waals surface area contributed by atoms with Crippen molar-refractivity contribution in [1.82, 2.24) is 10.2 Å². The van der Waals surface area contributed by atoms with Gasteiger partial charge in [-0.05, 0) is 37.6 Å². The lowest BCUT2D eigenvalue weighted by Crippen LogP contribution is -2.49. The second kappa shape index (κ2) is 6.20. The van der Waals surface area contributed by atoms with Crippen molar-refractivity contribution in [2.45, 2.75) is 31.0 Å². The summed E-state index contributed by atoms with van der Waals surface area (Å²) in [6.45, 7) is 2.60. The first-order valence-corrected chi connectivity index (χ1v) is 7.93. The van der Waals surface area contributed by atoms with Crippen molar-refractivity contribution < 1.29 is 4.74 Å². The molecule has 0 radical (unpaired) electrons. The third kappa shape index (κ3) is 2.97. The molecule has 0 bridgehead atoms. The van der Waals surface area contributed by atoms with Crippen LogP contribution in [0.3, 0.4) is 0 Å². The van der Waals surface area contributed by atoms with Gasteiger partial charge in [0.2, 0.25) is 0 Å². The fourth-order valence-electron chi connectivity index (χ4n) is 3.06. The maximum Gasteiger partial charge on any atom is 0.0897 e. The van der Waals surface area contributed by atoms with Crippen LogP contribution in [0.2, 0.25) is 10.0 Å². The quantitative estimate of drug-likeness (QED) is 0.924. The van der Waals surface area contributed by atoms with Crippen LogP contribution in [0.5, 0.6) is 0 Å². The summed E-state index contributed by atoms with van der Waals surface area (Å²) in [6, 6.07) is 6.69. The molecule has 1 saturated carbocycles. The van der Waals surface area contributed by atoms with Gasteiger partial charge in [-0.3, -0.25) is 4.90 Å². The molecular weight excluding hydrogens is 295 g/mol. The van der Waals surface area contributed by atoms with E-state index in [9.17, 15) is 0 Å². The highest BCUT2D eigenvalue weighted by Gasteiger charge is 2.41. The molecule has 2 unspecified atom stereocenters. The summed E-state index contributed by atoms with van der Waals surface area (Å²) in [5, 5.41) is 4.64. The van der Waals surface area contributed by atoms with Crippen molar-refractivity contribution in [1.29, 1.82) is 0 Å². The van der Waals surface area contributed by atoms with E-state index in [2.05, 4.69) is 10.2 Å². The summed E-state index contributed by atoms with van der Waals surface area (Å²) in [6.07, 6.45) is 2.70. The van der Waals surface area contributed by atoms with Crippen LogP contribution in [0.4, 0.5) is 0 Å². The number of morpholine rings is 1. The Labute approximate surface area is 130 Å². The number of hydrogen-bond acceptors (Lipinski definition) is 3. The first-order valence-electron chi connectivity index (χ1n) is 7.17. The fourth-order valence-corrected chi connectivity index (χ4v) is 3.58. The highest BCUT2D eigenvalue weighted by atomic mass is 35.5. The van der Waals surface area contributed by atoms with Crippen molar-refractivity contribution in [2.75, 3.05) is 26.7 Å². The van der Waals surface area contributed by atoms with E-state index in [0.717, 1.165) is 30.3 Å². The normalized spacial score (nSPS) is 27.8. The fraction of sp³-hybridized carbons (Fsp3) is 0.600. The molecule has 1 aromatic rings. The minimum absolute atomic E-state index is 0.132. The van der Waals surface area contributed by atoms with Crippen LogP contribution < -0.4 is 5.32 Å². The van der Waals surface area contributed by atoms with Crippen molar-refractivity contribution in [3.63, 3.8) is 0 Å². The first kappa shape index (κ1) is 14.6. The van der Waals surface area contributed by atoms with E-state index >= 15 is 0 Å². The lowest BCUT2D eigenvalue weighted by molar-refractivity contribution is -0.0739. The molecule has 0 spiro atoms. The van der Waals surface area contributed by atoms with Gasteiger partial charge in [-0.2, -0.15) is 0 Å². The van der Waals surface area contributed by atoms with Crippen LogP contribution in [0.25, 0.3) is 0 Å². The second-order valence-electron chi connectivity index (χ2n) is 5.55. The van der Waals surface area contributed by atoms with Crippen LogP contribution in [-0.2, 0) is 4.74 Å². The van der Waals surface area contributed by atoms with Crippen LogP contribution in [0.15, 0.2) is 18.2 Å². The number of ether oxygens (including phenoxy) is 1. The Morgan fingerprint density at radius 1 is 1.35 bits per heavy atom. The van der Waals surface area contributed by atoms with Gasteiger partial charge >= 0.3 is 0 Å². The highest BCUT2D eigenvalue weighted by Crippen LogP contribution is 2.41. The monoisotopic (exact) mass is 314 g/mol. The third-order valence-corrected chi connectivity index (χ3v) is 4.66. The molecule has 1 saturated heterocycles. The van der Waals surface area contributed by atoms with Gasteiger partial charge in [0.25, 0.3) is 0 Å². The molecule has 2 aliphatic rings. The van der Waals surface area contributed by atoms with E-state index in [1.807, 2.05) is 25.2 Å². The molecule has 3 nitrogen and oxygen atoms in total. The molecular formula is C15H20Cl2N2O. The van der Waals surface area contributed by atoms with Gasteiger partial charge in [0.05, 0.1) is 18.8 Å². The lowest BCUT2D eigenvalue weighted by Gasteiger charge is -2.42. The van der Waals surface area contributed by atoms with Gasteiger partial charge in [-0.1, -0.05) is 29.3 Å². The summed E-state index contributed by atoms with van der Waals surface area (Å²) in [7, 11) is 1.96. The molecule has 0 amide bonds. The lowest BCUT2D eigenvalue weighted by atomic mass is 9.97. The number of nitrogens with one attached hydrogen (secondary N) is 1. The van der Waals surface area contributed by atoms with Crippen molar-refractivity contribution in [3.05, 3.63) is 33.8 Å². The number of likely N-dealkylation sites (N-methyl/N-ethyl adjacent to an activating group) is 1. The molecule has 1 aliphatic carbocycles. The van der Waals surface area contributed by atoms with E-state index in [1.54, 1.807) is 0 Å². The molecule has 1 N–H and O–H groups in total. The second-order valence-corrected chi connectivity index (χ2v) is 6.39. The predicted molar refractivity (Wildman–Crippen MR) is 82.6 cm³/mol. The SMILES string of the molecule is CNCC1OCCN(C2CC2)C1c1ccc(Cl)cc1Cl. The predicted octanol–water partition coefficient (Wildman–Crippen LogP) is 3.12. The van der Waals surface area contributed by atoms with Gasteiger partial charge in [0, 0.05) is 29.2 Å². The Kier molecular flexibility index (Phi) is 4.53. The molecule has 3 rings (SSSR count). The Morgan fingerprint density at radius 2 is 2.15 bits per heavy atom. The third-order valence-electron chi connectivity index (χ3n) is 4.09. The van der Waals surface area contributed by atoms with Gasteiger partial charge < -0.3 is 10.1 Å². The van der Waals surface area contributed by atoms with Crippen molar-refractivity contribution >= 4 is 23.2 Å². The molecule has 1 aromatic carbocycles. The van der Waals surface area contributed by atoms with Crippen molar-refractivity contribution in [2.24, 2.45) is 0 Å². The van der Waals surface area contributed by atoms with E-state index in [0.29, 0.717) is 11.1 Å². The molecule has 2 fully saturated rings. The number of benzene rings is 1. The number of nitrogens with zero attached hydrogens (tertiary/aromatic N) is 1. The van der Waals surface area contributed by atoms with Crippen LogP contribution in [-0.4, -0.2) is 43.8 Å².